The predicted octanol–water partition coefficient (Wildman–Crippen LogP) is 3.09. The normalized spacial score (nSPS) is 10.7. The van der Waals surface area contributed by atoms with Crippen LogP contribution in [0.5, 0.6) is 17.2 Å². The Morgan fingerprint density at radius 3 is 2.26 bits per heavy atom. The van der Waals surface area contributed by atoms with Crippen LogP contribution in [0.15, 0.2) is 35.3 Å². The molecule has 0 aliphatic heterocycles. The summed E-state index contributed by atoms with van der Waals surface area (Å²) in [6.45, 7) is 0. The number of hydrogen-bond donors (Lipinski definition) is 0. The van der Waals surface area contributed by atoms with Crippen LogP contribution in [-0.4, -0.2) is 25.4 Å². The second kappa shape index (κ2) is 6.97. The van der Waals surface area contributed by atoms with Gasteiger partial charge in [-0.2, -0.15) is 0 Å². The molecular formula is C15H12ClN2O5-. The fourth-order valence-electron chi connectivity index (χ4n) is 1.84. The summed E-state index contributed by atoms with van der Waals surface area (Å²) in [6.07, 6.45) is 1.22. The van der Waals surface area contributed by atoms with Gasteiger partial charge in [-0.3, -0.25) is 15.1 Å². The highest BCUT2D eigenvalue weighted by molar-refractivity contribution is 6.31. The number of halogens is 1. The van der Waals surface area contributed by atoms with Gasteiger partial charge in [0.05, 0.1) is 24.8 Å². The summed E-state index contributed by atoms with van der Waals surface area (Å²) in [5.41, 5.74) is -0.114. The number of ether oxygens (including phenoxy) is 2. The Kier molecular flexibility index (Phi) is 5.02. The van der Waals surface area contributed by atoms with E-state index in [0.717, 1.165) is 6.07 Å². The maximum atomic E-state index is 12.0. The summed E-state index contributed by atoms with van der Waals surface area (Å²) in [7, 11) is 3.00. The van der Waals surface area contributed by atoms with E-state index in [2.05, 4.69) is 4.99 Å². The topological polar surface area (TPSA) is 97.0 Å². The zero-order chi connectivity index (χ0) is 17.0. The number of benzene rings is 2. The van der Waals surface area contributed by atoms with Crippen LogP contribution in [0.3, 0.4) is 0 Å². The van der Waals surface area contributed by atoms with Gasteiger partial charge in [0.15, 0.2) is 0 Å². The van der Waals surface area contributed by atoms with Crippen molar-refractivity contribution in [3.05, 3.63) is 51.0 Å². The van der Waals surface area contributed by atoms with Crippen molar-refractivity contribution in [3.8, 4) is 17.2 Å². The first-order valence-corrected chi connectivity index (χ1v) is 6.74. The van der Waals surface area contributed by atoms with E-state index >= 15 is 0 Å². The van der Waals surface area contributed by atoms with Crippen LogP contribution in [0.1, 0.15) is 5.56 Å². The Hall–Kier alpha value is -2.80. The molecule has 0 fully saturated rings. The summed E-state index contributed by atoms with van der Waals surface area (Å²) >= 11 is 5.80. The van der Waals surface area contributed by atoms with E-state index in [4.69, 9.17) is 21.1 Å². The van der Waals surface area contributed by atoms with Crippen LogP contribution < -0.4 is 14.6 Å². The first-order valence-electron chi connectivity index (χ1n) is 6.36. The lowest BCUT2D eigenvalue weighted by Crippen LogP contribution is -2.02. The maximum absolute atomic E-state index is 12.0. The Balaban J connectivity index is 2.43. The number of methoxy groups -OCH3 is 2. The van der Waals surface area contributed by atoms with Crippen LogP contribution in [0.25, 0.3) is 0 Å². The van der Waals surface area contributed by atoms with Crippen LogP contribution in [0.4, 0.5) is 11.4 Å². The molecule has 2 rings (SSSR count). The van der Waals surface area contributed by atoms with Crippen molar-refractivity contribution in [1.29, 1.82) is 0 Å². The molecule has 23 heavy (non-hydrogen) atoms. The van der Waals surface area contributed by atoms with Crippen molar-refractivity contribution >= 4 is 29.2 Å². The molecule has 0 atom stereocenters. The molecule has 0 saturated heterocycles. The minimum absolute atomic E-state index is 0.0194. The first kappa shape index (κ1) is 16.6. The summed E-state index contributed by atoms with van der Waals surface area (Å²) in [4.78, 5) is 14.2. The third kappa shape index (κ3) is 3.89. The van der Waals surface area contributed by atoms with Gasteiger partial charge in [0.25, 0.3) is 5.69 Å². The first-order chi connectivity index (χ1) is 10.9. The number of hydrogen-bond acceptors (Lipinski definition) is 6. The largest absolute Gasteiger partial charge is 0.867 e. The molecule has 120 valence electrons. The smallest absolute Gasteiger partial charge is 0.263 e. The fourth-order valence-corrected chi connectivity index (χ4v) is 2.06. The predicted molar refractivity (Wildman–Crippen MR) is 84.4 cm³/mol. The Labute approximate surface area is 136 Å². The van der Waals surface area contributed by atoms with Gasteiger partial charge in [0, 0.05) is 35.5 Å². The molecule has 0 amide bonds. The number of nitro benzene ring substituents is 1. The van der Waals surface area contributed by atoms with E-state index in [-0.39, 0.29) is 10.6 Å². The summed E-state index contributed by atoms with van der Waals surface area (Å²) in [5.74, 6) is 0.296. The molecule has 2 aromatic rings. The Morgan fingerprint density at radius 2 is 1.74 bits per heavy atom. The highest BCUT2D eigenvalue weighted by Gasteiger charge is 2.11. The van der Waals surface area contributed by atoms with Gasteiger partial charge in [0.1, 0.15) is 11.5 Å². The zero-order valence-electron chi connectivity index (χ0n) is 12.3. The number of nitro groups is 1. The van der Waals surface area contributed by atoms with E-state index in [9.17, 15) is 15.2 Å². The van der Waals surface area contributed by atoms with Crippen molar-refractivity contribution in [3.63, 3.8) is 0 Å². The summed E-state index contributed by atoms with van der Waals surface area (Å²) < 4.78 is 10.2. The van der Waals surface area contributed by atoms with Crippen molar-refractivity contribution in [2.24, 2.45) is 4.99 Å². The molecule has 0 unspecified atom stereocenters. The summed E-state index contributed by atoms with van der Waals surface area (Å²) in [6, 6.07) is 7.25. The maximum Gasteiger partial charge on any atom is 0.263 e. The summed E-state index contributed by atoms with van der Waals surface area (Å²) in [5, 5.41) is 22.9. The molecule has 0 heterocycles. The van der Waals surface area contributed by atoms with E-state index in [1.165, 1.54) is 26.5 Å². The molecule has 0 N–H and O–H groups in total. The number of rotatable bonds is 5. The molecule has 7 nitrogen and oxygen atoms in total. The van der Waals surface area contributed by atoms with Crippen molar-refractivity contribution < 1.29 is 19.5 Å². The van der Waals surface area contributed by atoms with Crippen LogP contribution in [0, 0.1) is 10.1 Å². The highest BCUT2D eigenvalue weighted by Crippen LogP contribution is 2.31. The number of aliphatic imine (C=N–C) groups is 1. The van der Waals surface area contributed by atoms with Gasteiger partial charge >= 0.3 is 0 Å². The lowest BCUT2D eigenvalue weighted by atomic mass is 10.2. The molecule has 8 heteroatoms. The minimum atomic E-state index is -0.778. The molecule has 0 aromatic heterocycles. The van der Waals surface area contributed by atoms with Crippen LogP contribution in [0.2, 0.25) is 5.02 Å². The Morgan fingerprint density at radius 1 is 1.13 bits per heavy atom. The molecule has 0 radical (unpaired) electrons. The lowest BCUT2D eigenvalue weighted by molar-refractivity contribution is -0.398. The monoisotopic (exact) mass is 335 g/mol. The van der Waals surface area contributed by atoms with Crippen molar-refractivity contribution in [2.45, 2.75) is 0 Å². The lowest BCUT2D eigenvalue weighted by Gasteiger charge is -2.11. The average Bonchev–Trinajstić information content (AvgIpc) is 2.54. The van der Waals surface area contributed by atoms with E-state index in [1.54, 1.807) is 18.2 Å². The van der Waals surface area contributed by atoms with Crippen molar-refractivity contribution in [1.82, 2.24) is 0 Å². The molecule has 0 bridgehead atoms. The zero-order valence-corrected chi connectivity index (χ0v) is 13.0. The standard InChI is InChI=1S/C15H13ClN2O5/c1-22-12-5-11(6-13(7-12)23-2)17-8-9-3-10(16)4-14(15(9)19)18(20)21/h3-8,19H,1-2H3/p-1. The van der Waals surface area contributed by atoms with Gasteiger partial charge in [0.2, 0.25) is 0 Å². The molecule has 2 aromatic carbocycles. The van der Waals surface area contributed by atoms with Gasteiger partial charge in [-0.25, -0.2) is 0 Å². The second-order valence-electron chi connectivity index (χ2n) is 4.43. The molecule has 0 saturated carbocycles. The van der Waals surface area contributed by atoms with Gasteiger partial charge in [-0.15, -0.1) is 0 Å². The third-order valence-electron chi connectivity index (χ3n) is 2.95. The van der Waals surface area contributed by atoms with Gasteiger partial charge in [-0.1, -0.05) is 11.6 Å². The van der Waals surface area contributed by atoms with E-state index < -0.39 is 16.4 Å². The minimum Gasteiger partial charge on any atom is -0.867 e. The average molecular weight is 336 g/mol. The van der Waals surface area contributed by atoms with Crippen LogP contribution in [-0.2, 0) is 0 Å². The second-order valence-corrected chi connectivity index (χ2v) is 4.87. The van der Waals surface area contributed by atoms with E-state index in [1.807, 2.05) is 0 Å². The van der Waals surface area contributed by atoms with Crippen LogP contribution >= 0.6 is 11.6 Å². The fraction of sp³-hybridized carbons (Fsp3) is 0.133. The highest BCUT2D eigenvalue weighted by atomic mass is 35.5. The molecular weight excluding hydrogens is 324 g/mol. The number of nitrogens with zero attached hydrogens (tertiary/aromatic N) is 2. The third-order valence-corrected chi connectivity index (χ3v) is 3.17. The quantitative estimate of drug-likeness (QED) is 0.475. The molecule has 0 aliphatic rings. The van der Waals surface area contributed by atoms with Gasteiger partial charge < -0.3 is 14.6 Å². The van der Waals surface area contributed by atoms with Crippen molar-refractivity contribution in [2.75, 3.05) is 14.2 Å². The Bertz CT molecular complexity index is 754. The SMILES string of the molecule is COc1cc(N=Cc2cc(Cl)cc([N+](=O)[O-])c2[O-])cc(OC)c1. The molecule has 0 spiro atoms. The van der Waals surface area contributed by atoms with E-state index in [0.29, 0.717) is 17.2 Å². The molecule has 0 aliphatic carbocycles. The van der Waals surface area contributed by atoms with Gasteiger partial charge in [-0.05, 0) is 17.4 Å².